The van der Waals surface area contributed by atoms with Crippen LogP contribution >= 0.6 is 0 Å². The molecule has 5 heteroatoms. The first-order valence-corrected chi connectivity index (χ1v) is 8.09. The summed E-state index contributed by atoms with van der Waals surface area (Å²) in [6, 6.07) is 3.88. The molecule has 0 aliphatic carbocycles. The Morgan fingerprint density at radius 2 is 1.95 bits per heavy atom. The van der Waals surface area contributed by atoms with E-state index >= 15 is 0 Å². The zero-order valence-corrected chi connectivity index (χ0v) is 12.7. The van der Waals surface area contributed by atoms with Crippen LogP contribution in [0.4, 0.5) is 8.78 Å². The second-order valence-electron chi connectivity index (χ2n) is 6.26. The van der Waals surface area contributed by atoms with E-state index in [1.807, 2.05) is 4.90 Å². The van der Waals surface area contributed by atoms with Crippen LogP contribution in [0.2, 0.25) is 0 Å². The van der Waals surface area contributed by atoms with Crippen LogP contribution in [0.1, 0.15) is 31.2 Å². The lowest BCUT2D eigenvalue weighted by Gasteiger charge is -2.23. The van der Waals surface area contributed by atoms with E-state index in [0.29, 0.717) is 6.04 Å². The number of halogens is 2. The maximum Gasteiger partial charge on any atom is 0.222 e. The number of hydrogen-bond acceptors (Lipinski definition) is 2. The molecule has 1 atom stereocenters. The fraction of sp³-hybridized carbons (Fsp3) is 0.588. The Bertz CT molecular complexity index is 543. The molecule has 1 aromatic rings. The van der Waals surface area contributed by atoms with Crippen molar-refractivity contribution in [1.82, 2.24) is 9.80 Å². The van der Waals surface area contributed by atoms with E-state index in [9.17, 15) is 13.6 Å². The van der Waals surface area contributed by atoms with Gasteiger partial charge in [0.05, 0.1) is 0 Å². The monoisotopic (exact) mass is 308 g/mol. The first-order valence-electron chi connectivity index (χ1n) is 8.09. The van der Waals surface area contributed by atoms with E-state index in [1.54, 1.807) is 0 Å². The van der Waals surface area contributed by atoms with Gasteiger partial charge in [-0.1, -0.05) is 0 Å². The van der Waals surface area contributed by atoms with Gasteiger partial charge in [0.2, 0.25) is 5.91 Å². The van der Waals surface area contributed by atoms with Gasteiger partial charge in [-0.15, -0.1) is 0 Å². The summed E-state index contributed by atoms with van der Waals surface area (Å²) < 4.78 is 26.7. The summed E-state index contributed by atoms with van der Waals surface area (Å²) in [7, 11) is 0. The SMILES string of the molecule is O=C(CCc1cc(F)ccc1F)N1CCC(N2CCCC2)C1. The molecule has 0 N–H and O–H groups in total. The topological polar surface area (TPSA) is 23.6 Å². The smallest absolute Gasteiger partial charge is 0.222 e. The molecule has 2 saturated heterocycles. The molecule has 3 nitrogen and oxygen atoms in total. The Hall–Kier alpha value is -1.49. The minimum absolute atomic E-state index is 0.0466. The molecule has 22 heavy (non-hydrogen) atoms. The summed E-state index contributed by atoms with van der Waals surface area (Å²) in [6.45, 7) is 3.85. The molecule has 0 bridgehead atoms. The predicted molar refractivity (Wildman–Crippen MR) is 80.5 cm³/mol. The number of nitrogens with zero attached hydrogens (tertiary/aromatic N) is 2. The van der Waals surface area contributed by atoms with Crippen molar-refractivity contribution in [3.05, 3.63) is 35.4 Å². The highest BCUT2D eigenvalue weighted by atomic mass is 19.1. The second kappa shape index (κ2) is 6.73. The number of hydrogen-bond donors (Lipinski definition) is 0. The quantitative estimate of drug-likeness (QED) is 0.853. The molecule has 0 saturated carbocycles. The van der Waals surface area contributed by atoms with Crippen LogP contribution < -0.4 is 0 Å². The Kier molecular flexibility index (Phi) is 4.71. The third-order valence-electron chi connectivity index (χ3n) is 4.79. The van der Waals surface area contributed by atoms with Crippen LogP contribution in [0, 0.1) is 11.6 Å². The number of amides is 1. The first-order chi connectivity index (χ1) is 10.6. The van der Waals surface area contributed by atoms with Gasteiger partial charge in [-0.05, 0) is 62.5 Å². The summed E-state index contributed by atoms with van der Waals surface area (Å²) in [6.07, 6.45) is 4.03. The molecular formula is C17H22F2N2O. The van der Waals surface area contributed by atoms with Crippen molar-refractivity contribution in [1.29, 1.82) is 0 Å². The number of benzene rings is 1. The van der Waals surface area contributed by atoms with Crippen molar-refractivity contribution in [3.63, 3.8) is 0 Å². The summed E-state index contributed by atoms with van der Waals surface area (Å²) in [5, 5.41) is 0. The fourth-order valence-electron chi connectivity index (χ4n) is 3.51. The van der Waals surface area contributed by atoms with E-state index in [1.165, 1.54) is 18.9 Å². The molecule has 1 aromatic carbocycles. The molecule has 2 heterocycles. The minimum Gasteiger partial charge on any atom is -0.341 e. The van der Waals surface area contributed by atoms with Gasteiger partial charge in [0.25, 0.3) is 0 Å². The minimum atomic E-state index is -0.459. The van der Waals surface area contributed by atoms with Gasteiger partial charge in [-0.3, -0.25) is 9.69 Å². The van der Waals surface area contributed by atoms with Crippen LogP contribution in [0.5, 0.6) is 0 Å². The van der Waals surface area contributed by atoms with Crippen molar-refractivity contribution >= 4 is 5.91 Å². The normalized spacial score (nSPS) is 22.5. The van der Waals surface area contributed by atoms with Crippen LogP contribution in [0.3, 0.4) is 0 Å². The molecule has 2 aliphatic rings. The lowest BCUT2D eigenvalue weighted by atomic mass is 10.1. The average molecular weight is 308 g/mol. The maximum absolute atomic E-state index is 13.6. The van der Waals surface area contributed by atoms with Gasteiger partial charge in [0, 0.05) is 25.6 Å². The lowest BCUT2D eigenvalue weighted by molar-refractivity contribution is -0.130. The van der Waals surface area contributed by atoms with Gasteiger partial charge < -0.3 is 4.90 Å². The van der Waals surface area contributed by atoms with Gasteiger partial charge in [0.1, 0.15) is 11.6 Å². The number of carbonyl (C=O) groups is 1. The van der Waals surface area contributed by atoms with E-state index in [0.717, 1.165) is 44.7 Å². The third kappa shape index (κ3) is 3.46. The summed E-state index contributed by atoms with van der Waals surface area (Å²) in [4.78, 5) is 16.6. The zero-order valence-electron chi connectivity index (χ0n) is 12.7. The maximum atomic E-state index is 13.6. The Morgan fingerprint density at radius 1 is 1.18 bits per heavy atom. The average Bonchev–Trinajstić information content (AvgIpc) is 3.18. The summed E-state index contributed by atoms with van der Waals surface area (Å²) >= 11 is 0. The van der Waals surface area contributed by atoms with Gasteiger partial charge in [-0.25, -0.2) is 8.78 Å². The van der Waals surface area contributed by atoms with Gasteiger partial charge in [-0.2, -0.15) is 0 Å². The number of aryl methyl sites for hydroxylation is 1. The highest BCUT2D eigenvalue weighted by Gasteiger charge is 2.31. The van der Waals surface area contributed by atoms with E-state index in [-0.39, 0.29) is 24.3 Å². The molecule has 2 fully saturated rings. The van der Waals surface area contributed by atoms with E-state index in [4.69, 9.17) is 0 Å². The Labute approximate surface area is 129 Å². The zero-order chi connectivity index (χ0) is 15.5. The second-order valence-corrected chi connectivity index (χ2v) is 6.26. The summed E-state index contributed by atoms with van der Waals surface area (Å²) in [5.41, 5.74) is 0.281. The molecule has 3 rings (SSSR count). The molecule has 0 radical (unpaired) electrons. The molecule has 0 spiro atoms. The largest absolute Gasteiger partial charge is 0.341 e. The fourth-order valence-corrected chi connectivity index (χ4v) is 3.51. The highest BCUT2D eigenvalue weighted by Crippen LogP contribution is 2.21. The van der Waals surface area contributed by atoms with Crippen LogP contribution in [-0.4, -0.2) is 47.9 Å². The number of rotatable bonds is 4. The molecule has 0 aromatic heterocycles. The first kappa shape index (κ1) is 15.4. The number of likely N-dealkylation sites (tertiary alicyclic amines) is 2. The van der Waals surface area contributed by atoms with Crippen molar-refractivity contribution < 1.29 is 13.6 Å². The predicted octanol–water partition coefficient (Wildman–Crippen LogP) is 2.59. The van der Waals surface area contributed by atoms with Crippen LogP contribution in [0.25, 0.3) is 0 Å². The molecule has 120 valence electrons. The Morgan fingerprint density at radius 3 is 2.73 bits per heavy atom. The molecule has 1 unspecified atom stereocenters. The van der Waals surface area contributed by atoms with Crippen LogP contribution in [-0.2, 0) is 11.2 Å². The molecule has 2 aliphatic heterocycles. The van der Waals surface area contributed by atoms with Crippen molar-refractivity contribution in [2.75, 3.05) is 26.2 Å². The summed E-state index contributed by atoms with van der Waals surface area (Å²) in [5.74, 6) is -0.852. The third-order valence-corrected chi connectivity index (χ3v) is 4.79. The lowest BCUT2D eigenvalue weighted by Crippen LogP contribution is -2.37. The standard InChI is InChI=1S/C17H22F2N2O/c18-14-4-5-16(19)13(11-14)3-6-17(22)21-10-7-15(12-21)20-8-1-2-9-20/h4-5,11,15H,1-3,6-10,12H2. The highest BCUT2D eigenvalue weighted by molar-refractivity contribution is 5.76. The van der Waals surface area contributed by atoms with Crippen LogP contribution in [0.15, 0.2) is 18.2 Å². The number of carbonyl (C=O) groups excluding carboxylic acids is 1. The Balaban J connectivity index is 1.51. The van der Waals surface area contributed by atoms with E-state index in [2.05, 4.69) is 4.90 Å². The van der Waals surface area contributed by atoms with E-state index < -0.39 is 11.6 Å². The van der Waals surface area contributed by atoms with Gasteiger partial charge in [0.15, 0.2) is 0 Å². The van der Waals surface area contributed by atoms with Crippen molar-refractivity contribution in [3.8, 4) is 0 Å². The van der Waals surface area contributed by atoms with Crippen molar-refractivity contribution in [2.45, 2.75) is 38.1 Å². The molecular weight excluding hydrogens is 286 g/mol. The van der Waals surface area contributed by atoms with Gasteiger partial charge >= 0.3 is 0 Å². The molecule has 1 amide bonds. The van der Waals surface area contributed by atoms with Crippen molar-refractivity contribution in [2.24, 2.45) is 0 Å².